The molecule has 23 heavy (non-hydrogen) atoms. The van der Waals surface area contributed by atoms with Crippen molar-refractivity contribution in [2.24, 2.45) is 0 Å². The SMILES string of the molecule is c1ccc2c(c1)ccc1c3c(ccc12)CCCC3c1ncco1. The van der Waals surface area contributed by atoms with Gasteiger partial charge in [-0.1, -0.05) is 48.5 Å². The fraction of sp³-hybridized carbons (Fsp3) is 0.190. The Morgan fingerprint density at radius 3 is 2.74 bits per heavy atom. The molecule has 4 aromatic rings. The lowest BCUT2D eigenvalue weighted by Gasteiger charge is -2.25. The summed E-state index contributed by atoms with van der Waals surface area (Å²) in [7, 11) is 0. The molecule has 0 bridgehead atoms. The molecule has 5 rings (SSSR count). The van der Waals surface area contributed by atoms with Crippen LogP contribution in [0.25, 0.3) is 21.5 Å². The second-order valence-electron chi connectivity index (χ2n) is 6.34. The van der Waals surface area contributed by atoms with Crippen LogP contribution in [0.5, 0.6) is 0 Å². The fourth-order valence-corrected chi connectivity index (χ4v) is 4.08. The van der Waals surface area contributed by atoms with E-state index < -0.39 is 0 Å². The number of rotatable bonds is 1. The molecule has 1 atom stereocenters. The summed E-state index contributed by atoms with van der Waals surface area (Å²) >= 11 is 0. The summed E-state index contributed by atoms with van der Waals surface area (Å²) in [5.74, 6) is 1.13. The van der Waals surface area contributed by atoms with Crippen LogP contribution in [0.1, 0.15) is 35.8 Å². The summed E-state index contributed by atoms with van der Waals surface area (Å²) in [5, 5.41) is 5.30. The lowest BCUT2D eigenvalue weighted by Crippen LogP contribution is -2.12. The molecule has 0 fully saturated rings. The molecular formula is C21H17NO. The molecule has 2 nitrogen and oxygen atoms in total. The van der Waals surface area contributed by atoms with Crippen LogP contribution in [-0.2, 0) is 6.42 Å². The quantitative estimate of drug-likeness (QED) is 0.437. The van der Waals surface area contributed by atoms with Crippen molar-refractivity contribution in [2.45, 2.75) is 25.2 Å². The van der Waals surface area contributed by atoms with E-state index in [1.807, 2.05) is 0 Å². The van der Waals surface area contributed by atoms with Crippen LogP contribution >= 0.6 is 0 Å². The van der Waals surface area contributed by atoms with E-state index in [0.29, 0.717) is 0 Å². The summed E-state index contributed by atoms with van der Waals surface area (Å²) in [4.78, 5) is 4.44. The number of fused-ring (bicyclic) bond motifs is 5. The molecule has 1 aromatic heterocycles. The Bertz CT molecular complexity index is 1000. The van der Waals surface area contributed by atoms with Gasteiger partial charge < -0.3 is 4.42 Å². The van der Waals surface area contributed by atoms with Gasteiger partial charge in [0.25, 0.3) is 0 Å². The molecular weight excluding hydrogens is 282 g/mol. The van der Waals surface area contributed by atoms with E-state index in [4.69, 9.17) is 4.42 Å². The molecule has 1 aliphatic rings. The molecule has 0 saturated heterocycles. The summed E-state index contributed by atoms with van der Waals surface area (Å²) in [6.45, 7) is 0. The second-order valence-corrected chi connectivity index (χ2v) is 6.34. The Hall–Kier alpha value is -2.61. The topological polar surface area (TPSA) is 26.0 Å². The Labute approximate surface area is 134 Å². The molecule has 0 aliphatic heterocycles. The highest BCUT2D eigenvalue weighted by Gasteiger charge is 2.27. The Balaban J connectivity index is 1.86. The first-order valence-corrected chi connectivity index (χ1v) is 8.24. The second kappa shape index (κ2) is 4.95. The van der Waals surface area contributed by atoms with Gasteiger partial charge in [-0.15, -0.1) is 0 Å². The third-order valence-corrected chi connectivity index (χ3v) is 5.09. The average molecular weight is 299 g/mol. The lowest BCUT2D eigenvalue weighted by molar-refractivity contribution is 0.444. The van der Waals surface area contributed by atoms with Crippen molar-refractivity contribution in [1.29, 1.82) is 0 Å². The first-order chi connectivity index (χ1) is 11.4. The molecule has 3 aromatic carbocycles. The largest absolute Gasteiger partial charge is 0.448 e. The molecule has 1 unspecified atom stereocenters. The molecule has 0 radical (unpaired) electrons. The Kier molecular flexibility index (Phi) is 2.77. The number of hydrogen-bond acceptors (Lipinski definition) is 2. The average Bonchev–Trinajstić information content (AvgIpc) is 3.15. The highest BCUT2D eigenvalue weighted by molar-refractivity contribution is 6.09. The summed E-state index contributed by atoms with van der Waals surface area (Å²) < 4.78 is 5.66. The number of benzene rings is 3. The molecule has 0 N–H and O–H groups in total. The van der Waals surface area contributed by atoms with Crippen molar-refractivity contribution in [1.82, 2.24) is 4.98 Å². The van der Waals surface area contributed by atoms with E-state index in [9.17, 15) is 0 Å². The van der Waals surface area contributed by atoms with Gasteiger partial charge >= 0.3 is 0 Å². The maximum absolute atomic E-state index is 5.66. The van der Waals surface area contributed by atoms with Crippen LogP contribution in [0.15, 0.2) is 65.4 Å². The van der Waals surface area contributed by atoms with Gasteiger partial charge in [0.15, 0.2) is 0 Å². The summed E-state index contributed by atoms with van der Waals surface area (Å²) in [6, 6.07) is 17.7. The molecule has 0 saturated carbocycles. The van der Waals surface area contributed by atoms with Gasteiger partial charge in [0.2, 0.25) is 5.89 Å². The van der Waals surface area contributed by atoms with Crippen molar-refractivity contribution >= 4 is 21.5 Å². The van der Waals surface area contributed by atoms with Crippen LogP contribution in [0, 0.1) is 0 Å². The van der Waals surface area contributed by atoms with E-state index in [0.717, 1.165) is 18.7 Å². The van der Waals surface area contributed by atoms with E-state index in [1.165, 1.54) is 39.1 Å². The predicted molar refractivity (Wildman–Crippen MR) is 92.7 cm³/mol. The standard InChI is InChI=1S/C21H17NO/c1-2-6-16-14(4-1)8-11-18-17(16)10-9-15-5-3-7-19(20(15)18)21-22-12-13-23-21/h1-2,4,6,8-13,19H,3,5,7H2. The number of aryl methyl sites for hydroxylation is 1. The summed E-state index contributed by atoms with van der Waals surface area (Å²) in [5.41, 5.74) is 2.86. The van der Waals surface area contributed by atoms with Crippen molar-refractivity contribution in [3.8, 4) is 0 Å². The number of oxazole rings is 1. The van der Waals surface area contributed by atoms with Crippen molar-refractivity contribution in [2.75, 3.05) is 0 Å². The molecule has 1 aliphatic carbocycles. The zero-order valence-electron chi connectivity index (χ0n) is 12.8. The first kappa shape index (κ1) is 12.9. The van der Waals surface area contributed by atoms with E-state index in [1.54, 1.807) is 12.5 Å². The zero-order valence-corrected chi connectivity index (χ0v) is 12.8. The molecule has 2 heteroatoms. The van der Waals surface area contributed by atoms with Crippen LogP contribution in [-0.4, -0.2) is 4.98 Å². The first-order valence-electron chi connectivity index (χ1n) is 8.24. The van der Waals surface area contributed by atoms with E-state index in [-0.39, 0.29) is 5.92 Å². The van der Waals surface area contributed by atoms with E-state index in [2.05, 4.69) is 53.5 Å². The zero-order chi connectivity index (χ0) is 15.2. The lowest BCUT2D eigenvalue weighted by atomic mass is 9.79. The van der Waals surface area contributed by atoms with Crippen molar-refractivity contribution in [3.05, 3.63) is 78.0 Å². The molecule has 1 heterocycles. The summed E-state index contributed by atoms with van der Waals surface area (Å²) in [6.07, 6.45) is 6.89. The van der Waals surface area contributed by atoms with Crippen molar-refractivity contribution in [3.63, 3.8) is 0 Å². The normalized spacial score (nSPS) is 17.5. The maximum Gasteiger partial charge on any atom is 0.201 e. The number of hydrogen-bond donors (Lipinski definition) is 0. The highest BCUT2D eigenvalue weighted by Crippen LogP contribution is 2.41. The van der Waals surface area contributed by atoms with Crippen LogP contribution in [0.2, 0.25) is 0 Å². The van der Waals surface area contributed by atoms with Crippen LogP contribution in [0.4, 0.5) is 0 Å². The number of aromatic nitrogens is 1. The van der Waals surface area contributed by atoms with Gasteiger partial charge in [0, 0.05) is 0 Å². The fourth-order valence-electron chi connectivity index (χ4n) is 4.08. The third kappa shape index (κ3) is 1.91. The van der Waals surface area contributed by atoms with Crippen LogP contribution in [0.3, 0.4) is 0 Å². The van der Waals surface area contributed by atoms with E-state index >= 15 is 0 Å². The molecule has 112 valence electrons. The minimum Gasteiger partial charge on any atom is -0.448 e. The smallest absolute Gasteiger partial charge is 0.201 e. The van der Waals surface area contributed by atoms with Gasteiger partial charge in [-0.2, -0.15) is 0 Å². The minimum atomic E-state index is 0.276. The molecule has 0 spiro atoms. The third-order valence-electron chi connectivity index (χ3n) is 5.09. The van der Waals surface area contributed by atoms with Crippen molar-refractivity contribution < 1.29 is 4.42 Å². The predicted octanol–water partition coefficient (Wildman–Crippen LogP) is 5.45. The minimum absolute atomic E-state index is 0.276. The van der Waals surface area contributed by atoms with Gasteiger partial charge in [-0.3, -0.25) is 0 Å². The van der Waals surface area contributed by atoms with Crippen LogP contribution < -0.4 is 0 Å². The van der Waals surface area contributed by atoms with Gasteiger partial charge in [0.05, 0.1) is 12.1 Å². The Morgan fingerprint density at radius 2 is 1.83 bits per heavy atom. The van der Waals surface area contributed by atoms with Gasteiger partial charge in [-0.05, 0) is 51.9 Å². The molecule has 0 amide bonds. The van der Waals surface area contributed by atoms with Gasteiger partial charge in [-0.25, -0.2) is 4.98 Å². The Morgan fingerprint density at radius 1 is 0.913 bits per heavy atom. The monoisotopic (exact) mass is 299 g/mol. The van der Waals surface area contributed by atoms with Gasteiger partial charge in [0.1, 0.15) is 6.26 Å². The number of nitrogens with zero attached hydrogens (tertiary/aromatic N) is 1. The highest BCUT2D eigenvalue weighted by atomic mass is 16.3. The maximum atomic E-state index is 5.66.